The van der Waals surface area contributed by atoms with Crippen LogP contribution in [-0.2, 0) is 10.0 Å². The predicted octanol–water partition coefficient (Wildman–Crippen LogP) is 0.408. The van der Waals surface area contributed by atoms with Gasteiger partial charge in [-0.3, -0.25) is 0 Å². The maximum atomic E-state index is 12.1. The van der Waals surface area contributed by atoms with Crippen LogP contribution in [0, 0.1) is 0 Å². The second-order valence-corrected chi connectivity index (χ2v) is 7.28. The molecular weight excluding hydrogens is 200 g/mol. The molecule has 1 aliphatic rings. The highest BCUT2D eigenvalue weighted by Gasteiger charge is 2.39. The van der Waals surface area contributed by atoms with E-state index in [-0.39, 0.29) is 6.04 Å². The van der Waals surface area contributed by atoms with Crippen molar-refractivity contribution in [1.29, 1.82) is 0 Å². The third kappa shape index (κ3) is 1.94. The summed E-state index contributed by atoms with van der Waals surface area (Å²) in [4.78, 5) is 0. The minimum Gasteiger partial charge on any atom is -0.313 e. The number of hydrogen-bond acceptors (Lipinski definition) is 3. The zero-order chi connectivity index (χ0) is 11.0. The summed E-state index contributed by atoms with van der Waals surface area (Å²) >= 11 is 0. The molecule has 4 nitrogen and oxygen atoms in total. The summed E-state index contributed by atoms with van der Waals surface area (Å²) in [5.41, 5.74) is 0. The van der Waals surface area contributed by atoms with Gasteiger partial charge < -0.3 is 5.32 Å². The molecule has 1 N–H and O–H groups in total. The van der Waals surface area contributed by atoms with Crippen molar-refractivity contribution in [2.45, 2.75) is 38.5 Å². The quantitative estimate of drug-likeness (QED) is 0.749. The van der Waals surface area contributed by atoms with Crippen molar-refractivity contribution in [3.63, 3.8) is 0 Å². The number of nitrogens with zero attached hydrogens (tertiary/aromatic N) is 1. The Hall–Kier alpha value is -0.130. The Kier molecular flexibility index (Phi) is 3.23. The maximum Gasteiger partial charge on any atom is 0.219 e. The van der Waals surface area contributed by atoms with E-state index in [1.807, 2.05) is 6.92 Å². The Morgan fingerprint density at radius 1 is 1.36 bits per heavy atom. The fourth-order valence-electron chi connectivity index (χ4n) is 1.45. The lowest BCUT2D eigenvalue weighted by molar-refractivity contribution is 0.244. The van der Waals surface area contributed by atoms with Gasteiger partial charge in [0.15, 0.2) is 0 Å². The van der Waals surface area contributed by atoms with Crippen LogP contribution in [-0.4, -0.2) is 43.1 Å². The molecule has 84 valence electrons. The van der Waals surface area contributed by atoms with Crippen LogP contribution in [0.1, 0.15) is 27.7 Å². The summed E-state index contributed by atoms with van der Waals surface area (Å²) < 4.78 is 25.2. The van der Waals surface area contributed by atoms with Gasteiger partial charge in [-0.25, -0.2) is 8.42 Å². The van der Waals surface area contributed by atoms with Crippen LogP contribution in [0.2, 0.25) is 0 Å². The molecular formula is C9H20N2O2S. The smallest absolute Gasteiger partial charge is 0.219 e. The Bertz CT molecular complexity index is 288. The van der Waals surface area contributed by atoms with Crippen LogP contribution < -0.4 is 5.32 Å². The van der Waals surface area contributed by atoms with Crippen molar-refractivity contribution >= 4 is 10.0 Å². The van der Waals surface area contributed by atoms with E-state index >= 15 is 0 Å². The fourth-order valence-corrected chi connectivity index (χ4v) is 3.04. The van der Waals surface area contributed by atoms with Crippen LogP contribution >= 0.6 is 0 Å². The highest BCUT2D eigenvalue weighted by atomic mass is 32.2. The van der Waals surface area contributed by atoms with Gasteiger partial charge in [0.25, 0.3) is 0 Å². The number of sulfonamides is 1. The number of likely N-dealkylation sites (N-methyl/N-ethyl adjacent to an activating group) is 1. The topological polar surface area (TPSA) is 49.4 Å². The van der Waals surface area contributed by atoms with Gasteiger partial charge in [0.1, 0.15) is 0 Å². The van der Waals surface area contributed by atoms with Gasteiger partial charge in [0.05, 0.1) is 4.75 Å². The van der Waals surface area contributed by atoms with Crippen LogP contribution in [0.15, 0.2) is 0 Å². The van der Waals surface area contributed by atoms with E-state index in [0.29, 0.717) is 6.54 Å². The molecule has 1 aliphatic heterocycles. The Morgan fingerprint density at radius 2 is 1.86 bits per heavy atom. The average molecular weight is 220 g/mol. The summed E-state index contributed by atoms with van der Waals surface area (Å²) in [6.45, 7) is 9.26. The molecule has 0 aromatic rings. The average Bonchev–Trinajstić information content (AvgIpc) is 1.93. The molecule has 0 aromatic heterocycles. The van der Waals surface area contributed by atoms with Crippen molar-refractivity contribution in [3.8, 4) is 0 Å². The molecule has 0 aromatic carbocycles. The highest BCUT2D eigenvalue weighted by molar-refractivity contribution is 7.90. The lowest BCUT2D eigenvalue weighted by atomic mass is 10.2. The monoisotopic (exact) mass is 220 g/mol. The SMILES string of the molecule is CCN(C1CNC1)S(=O)(=O)C(C)(C)C. The number of rotatable bonds is 3. The third-order valence-electron chi connectivity index (χ3n) is 2.56. The van der Waals surface area contributed by atoms with Crippen LogP contribution in [0.4, 0.5) is 0 Å². The molecule has 0 amide bonds. The standard InChI is InChI=1S/C9H20N2O2S/c1-5-11(8-6-10-7-8)14(12,13)9(2,3)4/h8,10H,5-7H2,1-4H3. The van der Waals surface area contributed by atoms with Gasteiger partial charge in [-0.2, -0.15) is 4.31 Å². The van der Waals surface area contributed by atoms with E-state index in [9.17, 15) is 8.42 Å². The van der Waals surface area contributed by atoms with E-state index in [0.717, 1.165) is 13.1 Å². The molecule has 0 aliphatic carbocycles. The van der Waals surface area contributed by atoms with E-state index in [1.165, 1.54) is 0 Å². The van der Waals surface area contributed by atoms with Crippen molar-refractivity contribution in [1.82, 2.24) is 9.62 Å². The van der Waals surface area contributed by atoms with Gasteiger partial charge >= 0.3 is 0 Å². The predicted molar refractivity (Wildman–Crippen MR) is 57.7 cm³/mol. The van der Waals surface area contributed by atoms with E-state index < -0.39 is 14.8 Å². The molecule has 0 atom stereocenters. The molecule has 0 radical (unpaired) electrons. The van der Waals surface area contributed by atoms with E-state index in [1.54, 1.807) is 25.1 Å². The third-order valence-corrected chi connectivity index (χ3v) is 5.28. The largest absolute Gasteiger partial charge is 0.313 e. The van der Waals surface area contributed by atoms with Crippen LogP contribution in [0.25, 0.3) is 0 Å². The minimum atomic E-state index is -3.16. The highest BCUT2D eigenvalue weighted by Crippen LogP contribution is 2.23. The minimum absolute atomic E-state index is 0.157. The van der Waals surface area contributed by atoms with E-state index in [2.05, 4.69) is 5.32 Å². The second-order valence-electron chi connectivity index (χ2n) is 4.63. The number of hydrogen-bond donors (Lipinski definition) is 1. The molecule has 0 saturated carbocycles. The first-order valence-corrected chi connectivity index (χ1v) is 6.47. The lowest BCUT2D eigenvalue weighted by Crippen LogP contribution is -2.61. The van der Waals surface area contributed by atoms with Crippen molar-refractivity contribution in [3.05, 3.63) is 0 Å². The fraction of sp³-hybridized carbons (Fsp3) is 1.00. The zero-order valence-corrected chi connectivity index (χ0v) is 10.2. The summed E-state index contributed by atoms with van der Waals surface area (Å²) in [5.74, 6) is 0. The van der Waals surface area contributed by atoms with Gasteiger partial charge in [-0.1, -0.05) is 6.92 Å². The second kappa shape index (κ2) is 3.79. The van der Waals surface area contributed by atoms with Gasteiger partial charge in [-0.05, 0) is 20.8 Å². The summed E-state index contributed by atoms with van der Waals surface area (Å²) in [6, 6.07) is 0.157. The molecule has 5 heteroatoms. The zero-order valence-electron chi connectivity index (χ0n) is 9.37. The molecule has 14 heavy (non-hydrogen) atoms. The summed E-state index contributed by atoms with van der Waals surface area (Å²) in [5, 5.41) is 3.09. The summed E-state index contributed by atoms with van der Waals surface area (Å²) in [7, 11) is -3.16. The first-order chi connectivity index (χ1) is 6.30. The first kappa shape index (κ1) is 11.9. The molecule has 0 spiro atoms. The molecule has 0 bridgehead atoms. The molecule has 1 heterocycles. The van der Waals surface area contributed by atoms with Crippen molar-refractivity contribution in [2.24, 2.45) is 0 Å². The van der Waals surface area contributed by atoms with Gasteiger partial charge in [0, 0.05) is 25.7 Å². The van der Waals surface area contributed by atoms with Crippen LogP contribution in [0.5, 0.6) is 0 Å². The van der Waals surface area contributed by atoms with E-state index in [4.69, 9.17) is 0 Å². The van der Waals surface area contributed by atoms with Crippen LogP contribution in [0.3, 0.4) is 0 Å². The molecule has 0 unspecified atom stereocenters. The Labute approximate surface area is 86.7 Å². The number of nitrogens with one attached hydrogen (secondary N) is 1. The Morgan fingerprint density at radius 3 is 2.07 bits per heavy atom. The van der Waals surface area contributed by atoms with Gasteiger partial charge in [-0.15, -0.1) is 0 Å². The molecule has 1 saturated heterocycles. The summed E-state index contributed by atoms with van der Waals surface area (Å²) in [6.07, 6.45) is 0. The van der Waals surface area contributed by atoms with Gasteiger partial charge in [0.2, 0.25) is 10.0 Å². The molecule has 1 fully saturated rings. The maximum absolute atomic E-state index is 12.1. The normalized spacial score (nSPS) is 19.8. The first-order valence-electron chi connectivity index (χ1n) is 5.03. The van der Waals surface area contributed by atoms with Crippen molar-refractivity contribution in [2.75, 3.05) is 19.6 Å². The lowest BCUT2D eigenvalue weighted by Gasteiger charge is -2.39. The van der Waals surface area contributed by atoms with Crippen molar-refractivity contribution < 1.29 is 8.42 Å². The molecule has 1 rings (SSSR count). The Balaban J connectivity index is 2.88.